The molecule has 1 atom stereocenters. The van der Waals surface area contributed by atoms with Crippen molar-refractivity contribution in [2.75, 3.05) is 0 Å². The van der Waals surface area contributed by atoms with Crippen molar-refractivity contribution in [3.05, 3.63) is 101 Å². The molecule has 0 heterocycles. The molecule has 0 aliphatic carbocycles. The van der Waals surface area contributed by atoms with Crippen molar-refractivity contribution in [2.45, 2.75) is 6.42 Å². The highest BCUT2D eigenvalue weighted by Crippen LogP contribution is 2.17. The second-order valence-corrected chi connectivity index (χ2v) is 7.01. The maximum absolute atomic E-state index is 11.3. The topological polar surface area (TPSA) is 144 Å². The number of carboxylic acid groups (broad SMARTS) is 1. The van der Waals surface area contributed by atoms with E-state index >= 15 is 0 Å². The summed E-state index contributed by atoms with van der Waals surface area (Å²) in [4.78, 5) is 32.1. The average Bonchev–Trinajstić information content (AvgIpc) is 2.78. The molecule has 10 heteroatoms. The number of nitro groups is 1. The highest BCUT2D eigenvalue weighted by Gasteiger charge is 2.27. The van der Waals surface area contributed by atoms with Crippen LogP contribution in [0.2, 0.25) is 0 Å². The highest BCUT2D eigenvalue weighted by molar-refractivity contribution is 7.62. The summed E-state index contributed by atoms with van der Waals surface area (Å²) in [6.07, 6.45) is -0.313. The van der Waals surface area contributed by atoms with E-state index in [0.29, 0.717) is 5.56 Å². The summed E-state index contributed by atoms with van der Waals surface area (Å²) in [5.74, 6) is -4.49. The predicted octanol–water partition coefficient (Wildman–Crippen LogP) is 3.78. The van der Waals surface area contributed by atoms with Gasteiger partial charge in [-0.05, 0) is 23.1 Å². The van der Waals surface area contributed by atoms with Crippen LogP contribution >= 0.6 is 0 Å². The van der Waals surface area contributed by atoms with Crippen molar-refractivity contribution in [1.82, 2.24) is 0 Å². The number of hydrogen-bond donors (Lipinski definition) is 1. The lowest BCUT2D eigenvalue weighted by molar-refractivity contribution is -0.384. The fourth-order valence-electron chi connectivity index (χ4n) is 2.67. The largest absolute Gasteiger partial charge is 0.481 e. The van der Waals surface area contributed by atoms with Crippen molar-refractivity contribution in [2.24, 2.45) is 10.3 Å². The third-order valence-electron chi connectivity index (χ3n) is 4.23. The van der Waals surface area contributed by atoms with E-state index in [1.54, 1.807) is 0 Å². The minimum atomic E-state index is -3.03. The van der Waals surface area contributed by atoms with Gasteiger partial charge < -0.3 is 5.11 Å². The van der Waals surface area contributed by atoms with E-state index in [1.165, 1.54) is 23.3 Å². The molecule has 0 aromatic heterocycles. The molecule has 0 spiro atoms. The number of nitro benzene ring substituents is 1. The van der Waals surface area contributed by atoms with E-state index in [2.05, 4.69) is 52.9 Å². The fraction of sp³-hybridized carbons (Fsp3) is 0.0909. The van der Waals surface area contributed by atoms with Gasteiger partial charge in [-0.1, -0.05) is 77.2 Å². The molecule has 1 unspecified atom stereocenters. The van der Waals surface area contributed by atoms with E-state index in [9.17, 15) is 28.1 Å². The maximum Gasteiger partial charge on any atom is 0.319 e. The Morgan fingerprint density at radius 3 is 1.72 bits per heavy atom. The summed E-state index contributed by atoms with van der Waals surface area (Å²) in [6.45, 7) is 0. The fourth-order valence-corrected chi connectivity index (χ4v) is 2.94. The molecule has 164 valence electrons. The number of carbonyl (C=O) groups excluding carboxylic acids is 1. The number of carbonyl (C=O) groups is 2. The number of nitrogens with zero attached hydrogens (tertiary/aromatic N) is 2. The zero-order valence-electron chi connectivity index (χ0n) is 16.6. The Morgan fingerprint density at radius 1 is 0.875 bits per heavy atom. The van der Waals surface area contributed by atoms with Gasteiger partial charge in [0.1, 0.15) is 5.92 Å². The number of rotatable bonds is 6. The van der Waals surface area contributed by atoms with Gasteiger partial charge in [0.05, 0.1) is 4.92 Å². The van der Waals surface area contributed by atoms with Crippen molar-refractivity contribution in [3.8, 4) is 11.1 Å². The first-order valence-electron chi connectivity index (χ1n) is 9.19. The minimum absolute atomic E-state index is 0.183. The van der Waals surface area contributed by atoms with Crippen LogP contribution in [0.1, 0.15) is 5.56 Å². The second-order valence-electron chi connectivity index (χ2n) is 6.40. The quantitative estimate of drug-likeness (QED) is 0.339. The van der Waals surface area contributed by atoms with Gasteiger partial charge in [0.25, 0.3) is 11.6 Å². The van der Waals surface area contributed by atoms with Gasteiger partial charge in [0.2, 0.25) is 0 Å². The third-order valence-corrected chi connectivity index (χ3v) is 4.56. The Morgan fingerprint density at radius 2 is 1.34 bits per heavy atom. The van der Waals surface area contributed by atoms with Gasteiger partial charge in [-0.25, -0.2) is 0 Å². The Hall–Kier alpha value is -4.18. The molecule has 0 saturated heterocycles. The van der Waals surface area contributed by atoms with Gasteiger partial charge in [0.15, 0.2) is 0 Å². The lowest BCUT2D eigenvalue weighted by Gasteiger charge is -2.07. The Bertz CT molecular complexity index is 1160. The van der Waals surface area contributed by atoms with Gasteiger partial charge in [0, 0.05) is 12.1 Å². The number of hydrogen-bond acceptors (Lipinski definition) is 6. The molecule has 0 radical (unpaired) electrons. The van der Waals surface area contributed by atoms with Crippen molar-refractivity contribution in [3.63, 3.8) is 0 Å². The number of carboxylic acids is 1. The van der Waals surface area contributed by atoms with E-state index in [-0.39, 0.29) is 12.1 Å². The van der Waals surface area contributed by atoms with Gasteiger partial charge in [-0.3, -0.25) is 19.7 Å². The molecule has 0 bridgehead atoms. The zero-order chi connectivity index (χ0) is 23.5. The first-order chi connectivity index (χ1) is 15.3. The molecule has 0 aliphatic heterocycles. The summed E-state index contributed by atoms with van der Waals surface area (Å²) < 4.78 is 23.1. The summed E-state index contributed by atoms with van der Waals surface area (Å²) in [5, 5.41) is 19.3. The molecule has 1 N–H and O–H groups in total. The van der Waals surface area contributed by atoms with E-state index < -0.39 is 33.2 Å². The Labute approximate surface area is 184 Å². The van der Waals surface area contributed by atoms with Crippen LogP contribution in [0.25, 0.3) is 11.1 Å². The smallest absolute Gasteiger partial charge is 0.319 e. The number of aliphatic carboxylic acids is 1. The third kappa shape index (κ3) is 7.58. The molecule has 32 heavy (non-hydrogen) atoms. The van der Waals surface area contributed by atoms with Crippen LogP contribution in [0, 0.1) is 16.0 Å². The number of benzene rings is 3. The molecule has 3 aromatic rings. The van der Waals surface area contributed by atoms with Gasteiger partial charge in [-0.2, -0.15) is 8.42 Å². The Balaban J connectivity index is 0.000000255. The molecule has 3 rings (SSSR count). The SMILES string of the molecule is O=C(O)C(Cc1ccc([N+](=O)[O-])cc1)C(=O)N=S(=O)=O.c1ccc(-c2ccccc2)cc1. The van der Waals surface area contributed by atoms with Crippen LogP contribution in [0.15, 0.2) is 89.3 Å². The van der Waals surface area contributed by atoms with Crippen LogP contribution in [-0.4, -0.2) is 30.3 Å². The molecular formula is C22H18N2O7S. The van der Waals surface area contributed by atoms with Gasteiger partial charge >= 0.3 is 16.5 Å². The van der Waals surface area contributed by atoms with Crippen LogP contribution in [-0.2, 0) is 26.5 Å². The summed E-state index contributed by atoms with van der Waals surface area (Å²) in [5.41, 5.74) is 2.71. The average molecular weight is 454 g/mol. The summed E-state index contributed by atoms with van der Waals surface area (Å²) in [6, 6.07) is 25.7. The molecule has 0 aliphatic rings. The first-order valence-corrected chi connectivity index (χ1v) is 10.2. The zero-order valence-corrected chi connectivity index (χ0v) is 17.4. The lowest BCUT2D eigenvalue weighted by atomic mass is 9.99. The Kier molecular flexibility index (Phi) is 8.93. The van der Waals surface area contributed by atoms with E-state index in [4.69, 9.17) is 5.11 Å². The maximum atomic E-state index is 11.3. The molecular weight excluding hydrogens is 436 g/mol. The summed E-state index contributed by atoms with van der Waals surface area (Å²) in [7, 11) is -3.03. The van der Waals surface area contributed by atoms with E-state index in [0.717, 1.165) is 12.1 Å². The molecule has 0 fully saturated rings. The molecule has 1 amide bonds. The summed E-state index contributed by atoms with van der Waals surface area (Å²) >= 11 is 0. The monoisotopic (exact) mass is 454 g/mol. The van der Waals surface area contributed by atoms with Crippen molar-refractivity contribution < 1.29 is 28.0 Å². The minimum Gasteiger partial charge on any atom is -0.481 e. The van der Waals surface area contributed by atoms with Crippen molar-refractivity contribution >= 4 is 28.1 Å². The first kappa shape index (κ1) is 24.1. The molecule has 0 saturated carbocycles. The number of non-ortho nitro benzene ring substituents is 1. The van der Waals surface area contributed by atoms with Crippen LogP contribution < -0.4 is 0 Å². The highest BCUT2D eigenvalue weighted by atomic mass is 32.2. The molecule has 9 nitrogen and oxygen atoms in total. The predicted molar refractivity (Wildman–Crippen MR) is 116 cm³/mol. The van der Waals surface area contributed by atoms with Crippen LogP contribution in [0.5, 0.6) is 0 Å². The normalized spacial score (nSPS) is 10.8. The van der Waals surface area contributed by atoms with Crippen molar-refractivity contribution in [1.29, 1.82) is 0 Å². The molecule has 3 aromatic carbocycles. The standard InChI is InChI=1S/C12H10.C10H8N2O7S/c1-3-7-11(8-4-1)12-9-5-2-6-10-12;13-9(11-20(18)19)8(10(14)15)5-6-1-3-7(4-2-6)12(16)17/h1-10H;1-4,8H,5H2,(H,14,15). The van der Waals surface area contributed by atoms with Gasteiger partial charge in [-0.15, -0.1) is 0 Å². The lowest BCUT2D eigenvalue weighted by Crippen LogP contribution is -2.24. The van der Waals surface area contributed by atoms with E-state index in [1.807, 2.05) is 12.1 Å². The van der Waals surface area contributed by atoms with Crippen LogP contribution in [0.4, 0.5) is 5.69 Å². The second kappa shape index (κ2) is 11.9. The van der Waals surface area contributed by atoms with Crippen LogP contribution in [0.3, 0.4) is 0 Å². The number of amides is 1.